The van der Waals surface area contributed by atoms with Crippen molar-refractivity contribution < 1.29 is 4.79 Å². The zero-order chi connectivity index (χ0) is 15.7. The summed E-state index contributed by atoms with van der Waals surface area (Å²) in [6.45, 7) is 4.08. The number of aromatic nitrogens is 1. The van der Waals surface area contributed by atoms with Gasteiger partial charge in [0.1, 0.15) is 0 Å². The number of carbonyl (C=O) groups excluding carboxylic acids is 1. The molecule has 4 nitrogen and oxygen atoms in total. The first kappa shape index (κ1) is 14.8. The van der Waals surface area contributed by atoms with E-state index in [2.05, 4.69) is 21.7 Å². The number of aryl methyl sites for hydroxylation is 2. The Bertz CT molecular complexity index is 860. The zero-order valence-corrected chi connectivity index (χ0v) is 13.7. The molecule has 0 aliphatic heterocycles. The molecule has 3 rings (SSSR count). The van der Waals surface area contributed by atoms with Gasteiger partial charge in [0.2, 0.25) is 0 Å². The monoisotopic (exact) mass is 331 g/mol. The number of benzene rings is 2. The van der Waals surface area contributed by atoms with E-state index in [1.165, 1.54) is 16.9 Å². The van der Waals surface area contributed by atoms with Crippen molar-refractivity contribution in [3.63, 3.8) is 0 Å². The third-order valence-electron chi connectivity index (χ3n) is 3.39. The quantitative estimate of drug-likeness (QED) is 0.677. The molecule has 112 valence electrons. The average Bonchev–Trinajstić information content (AvgIpc) is 2.86. The molecule has 6 heteroatoms. The first-order valence-corrected chi connectivity index (χ1v) is 7.93. The van der Waals surface area contributed by atoms with Crippen LogP contribution in [0.3, 0.4) is 0 Å². The lowest BCUT2D eigenvalue weighted by atomic mass is 10.1. The Morgan fingerprint density at radius 1 is 1.18 bits per heavy atom. The molecule has 22 heavy (non-hydrogen) atoms. The molecular weight excluding hydrogens is 318 g/mol. The van der Waals surface area contributed by atoms with Crippen LogP contribution in [0.5, 0.6) is 0 Å². The van der Waals surface area contributed by atoms with Gasteiger partial charge in [-0.05, 0) is 49.2 Å². The number of carbonyl (C=O) groups is 1. The van der Waals surface area contributed by atoms with Gasteiger partial charge >= 0.3 is 6.03 Å². The third-order valence-corrected chi connectivity index (χ3v) is 4.56. The predicted octanol–water partition coefficient (Wildman–Crippen LogP) is 5.21. The highest BCUT2D eigenvalue weighted by atomic mass is 35.5. The van der Waals surface area contributed by atoms with Gasteiger partial charge in [0.15, 0.2) is 5.13 Å². The number of urea groups is 1. The topological polar surface area (TPSA) is 54.0 Å². The molecule has 0 fully saturated rings. The van der Waals surface area contributed by atoms with Crippen LogP contribution in [-0.2, 0) is 0 Å². The number of nitrogens with zero attached hydrogens (tertiary/aromatic N) is 1. The maximum Gasteiger partial charge on any atom is 0.325 e. The van der Waals surface area contributed by atoms with Crippen LogP contribution in [-0.4, -0.2) is 11.0 Å². The van der Waals surface area contributed by atoms with E-state index < -0.39 is 0 Å². The zero-order valence-electron chi connectivity index (χ0n) is 12.1. The molecule has 0 saturated heterocycles. The van der Waals surface area contributed by atoms with Crippen LogP contribution in [0.15, 0.2) is 36.4 Å². The molecule has 1 aromatic heterocycles. The second-order valence-electron chi connectivity index (χ2n) is 4.96. The summed E-state index contributed by atoms with van der Waals surface area (Å²) in [6, 6.07) is 10.7. The van der Waals surface area contributed by atoms with Gasteiger partial charge in [0, 0.05) is 10.7 Å². The molecule has 0 spiro atoms. The number of anilines is 2. The lowest BCUT2D eigenvalue weighted by Gasteiger charge is -2.05. The van der Waals surface area contributed by atoms with Crippen LogP contribution in [0.25, 0.3) is 10.2 Å². The molecular formula is C16H14ClN3OS. The molecule has 2 N–H and O–H groups in total. The summed E-state index contributed by atoms with van der Waals surface area (Å²) < 4.78 is 1.06. The van der Waals surface area contributed by atoms with Crippen molar-refractivity contribution >= 4 is 50.0 Å². The Labute approximate surface area is 137 Å². The summed E-state index contributed by atoms with van der Waals surface area (Å²) in [5, 5.41) is 6.64. The van der Waals surface area contributed by atoms with E-state index in [0.717, 1.165) is 15.8 Å². The fourth-order valence-electron chi connectivity index (χ4n) is 2.11. The molecule has 0 unspecified atom stereocenters. The normalized spacial score (nSPS) is 10.7. The Morgan fingerprint density at radius 3 is 2.77 bits per heavy atom. The van der Waals surface area contributed by atoms with Crippen molar-refractivity contribution in [2.45, 2.75) is 13.8 Å². The van der Waals surface area contributed by atoms with Crippen LogP contribution in [0, 0.1) is 13.8 Å². The molecule has 0 aliphatic rings. The van der Waals surface area contributed by atoms with Gasteiger partial charge < -0.3 is 5.32 Å². The van der Waals surface area contributed by atoms with E-state index >= 15 is 0 Å². The van der Waals surface area contributed by atoms with Gasteiger partial charge in [0.25, 0.3) is 0 Å². The molecule has 1 heterocycles. The number of hydrogen-bond donors (Lipinski definition) is 2. The summed E-state index contributed by atoms with van der Waals surface area (Å²) in [5.41, 5.74) is 3.89. The minimum atomic E-state index is -0.337. The van der Waals surface area contributed by atoms with Crippen molar-refractivity contribution in [2.75, 3.05) is 10.6 Å². The maximum atomic E-state index is 12.0. The maximum absolute atomic E-state index is 12.0. The summed E-state index contributed by atoms with van der Waals surface area (Å²) in [5.74, 6) is 0. The molecule has 2 aromatic carbocycles. The first-order chi connectivity index (χ1) is 10.5. The van der Waals surface area contributed by atoms with Crippen LogP contribution in [0.4, 0.5) is 15.6 Å². The van der Waals surface area contributed by atoms with E-state index in [9.17, 15) is 4.79 Å². The van der Waals surface area contributed by atoms with E-state index in [-0.39, 0.29) is 6.03 Å². The number of amides is 2. The number of nitrogens with one attached hydrogen (secondary N) is 2. The highest BCUT2D eigenvalue weighted by molar-refractivity contribution is 7.22. The molecule has 0 atom stereocenters. The number of rotatable bonds is 2. The predicted molar refractivity (Wildman–Crippen MR) is 93.2 cm³/mol. The highest BCUT2D eigenvalue weighted by Gasteiger charge is 2.10. The second-order valence-corrected chi connectivity index (χ2v) is 6.43. The van der Waals surface area contributed by atoms with Crippen molar-refractivity contribution in [3.8, 4) is 0 Å². The van der Waals surface area contributed by atoms with E-state index in [0.29, 0.717) is 15.8 Å². The van der Waals surface area contributed by atoms with Crippen molar-refractivity contribution in [3.05, 3.63) is 52.5 Å². The van der Waals surface area contributed by atoms with Gasteiger partial charge in [0.05, 0.1) is 10.2 Å². The molecule has 0 radical (unpaired) electrons. The van der Waals surface area contributed by atoms with E-state index in [1.54, 1.807) is 24.3 Å². The van der Waals surface area contributed by atoms with Crippen molar-refractivity contribution in [2.24, 2.45) is 0 Å². The van der Waals surface area contributed by atoms with Gasteiger partial charge in [-0.15, -0.1) is 0 Å². The number of halogens is 1. The largest absolute Gasteiger partial charge is 0.325 e. The summed E-state index contributed by atoms with van der Waals surface area (Å²) in [7, 11) is 0. The van der Waals surface area contributed by atoms with Crippen LogP contribution in [0.2, 0.25) is 5.02 Å². The summed E-state index contributed by atoms with van der Waals surface area (Å²) >= 11 is 7.35. The number of fused-ring (bicyclic) bond motifs is 1. The smallest absolute Gasteiger partial charge is 0.308 e. The third kappa shape index (κ3) is 3.05. The minimum Gasteiger partial charge on any atom is -0.308 e. The summed E-state index contributed by atoms with van der Waals surface area (Å²) in [6.07, 6.45) is 0. The number of hydrogen-bond acceptors (Lipinski definition) is 3. The van der Waals surface area contributed by atoms with Crippen molar-refractivity contribution in [1.29, 1.82) is 0 Å². The van der Waals surface area contributed by atoms with Gasteiger partial charge in [-0.2, -0.15) is 0 Å². The number of thiazole rings is 1. The molecule has 0 saturated carbocycles. The second kappa shape index (κ2) is 5.94. The van der Waals surface area contributed by atoms with Gasteiger partial charge in [-0.1, -0.05) is 35.1 Å². The fraction of sp³-hybridized carbons (Fsp3) is 0.125. The fourth-order valence-corrected chi connectivity index (χ4v) is 3.22. The Kier molecular flexibility index (Phi) is 4.00. The Balaban J connectivity index is 1.78. The lowest BCUT2D eigenvalue weighted by Crippen LogP contribution is -2.19. The average molecular weight is 332 g/mol. The van der Waals surface area contributed by atoms with E-state index in [1.807, 2.05) is 19.9 Å². The lowest BCUT2D eigenvalue weighted by molar-refractivity contribution is 0.262. The van der Waals surface area contributed by atoms with Crippen LogP contribution < -0.4 is 10.6 Å². The first-order valence-electron chi connectivity index (χ1n) is 6.73. The van der Waals surface area contributed by atoms with Crippen LogP contribution >= 0.6 is 22.9 Å². The Hall–Kier alpha value is -2.11. The van der Waals surface area contributed by atoms with Crippen LogP contribution in [0.1, 0.15) is 11.1 Å². The van der Waals surface area contributed by atoms with Crippen molar-refractivity contribution in [1.82, 2.24) is 4.98 Å². The Morgan fingerprint density at radius 2 is 2.00 bits per heavy atom. The van der Waals surface area contributed by atoms with Gasteiger partial charge in [-0.25, -0.2) is 9.78 Å². The highest BCUT2D eigenvalue weighted by Crippen LogP contribution is 2.29. The van der Waals surface area contributed by atoms with Gasteiger partial charge in [-0.3, -0.25) is 5.32 Å². The molecule has 0 aliphatic carbocycles. The minimum absolute atomic E-state index is 0.337. The molecule has 0 bridgehead atoms. The molecule has 3 aromatic rings. The standard InChI is InChI=1S/C16H14ClN3OS/c1-9-6-7-13-14(10(9)2)19-16(22-13)20-15(21)18-12-5-3-4-11(17)8-12/h3-8H,1-2H3,(H2,18,19,20,21). The SMILES string of the molecule is Cc1ccc2sc(NC(=O)Nc3cccc(Cl)c3)nc2c1C. The molecule has 2 amide bonds. The van der Waals surface area contributed by atoms with E-state index in [4.69, 9.17) is 11.6 Å². The summed E-state index contributed by atoms with van der Waals surface area (Å²) in [4.78, 5) is 16.5.